The molecule has 24 heavy (non-hydrogen) atoms. The Hall–Kier alpha value is -2.77. The Bertz CT molecular complexity index is 926. The number of nitro groups is 1. The van der Waals surface area contributed by atoms with Crippen LogP contribution in [0.5, 0.6) is 0 Å². The number of nitrogens with zero attached hydrogens (tertiary/aromatic N) is 2. The lowest BCUT2D eigenvalue weighted by molar-refractivity contribution is -0.384. The first-order valence-corrected chi connectivity index (χ1v) is 7.19. The number of rotatable bonds is 4. The number of aliphatic hydroxyl groups excluding tert-OH is 1. The number of halogens is 2. The number of hydrogen-bond acceptors (Lipinski definition) is 5. The second kappa shape index (κ2) is 6.38. The highest BCUT2D eigenvalue weighted by Crippen LogP contribution is 2.38. The molecule has 0 fully saturated rings. The maximum absolute atomic E-state index is 13.5. The Kier molecular flexibility index (Phi) is 4.28. The average Bonchev–Trinajstić information content (AvgIpc) is 3.00. The molecule has 0 spiro atoms. The molecule has 0 aliphatic rings. The van der Waals surface area contributed by atoms with E-state index in [-0.39, 0.29) is 38.9 Å². The molecular formula is C16H10ClFN2O4. The van der Waals surface area contributed by atoms with Gasteiger partial charge in [-0.25, -0.2) is 4.39 Å². The average molecular weight is 349 g/mol. The smallest absolute Gasteiger partial charge is 0.278 e. The molecule has 0 saturated heterocycles. The highest BCUT2D eigenvalue weighted by molar-refractivity contribution is 6.33. The van der Waals surface area contributed by atoms with Crippen LogP contribution in [0.2, 0.25) is 5.02 Å². The topological polar surface area (TPSA) is 89.4 Å². The van der Waals surface area contributed by atoms with Crippen molar-refractivity contribution in [1.29, 1.82) is 0 Å². The molecule has 0 saturated carbocycles. The van der Waals surface area contributed by atoms with Gasteiger partial charge in [-0.05, 0) is 24.3 Å². The predicted molar refractivity (Wildman–Crippen MR) is 84.9 cm³/mol. The van der Waals surface area contributed by atoms with Crippen LogP contribution < -0.4 is 0 Å². The SMILES string of the molecule is O=[N+]([O-])c1ccccc1-c1noc(-c2cc(F)ccc2Cl)c1CO. The summed E-state index contributed by atoms with van der Waals surface area (Å²) in [6.45, 7) is -0.507. The van der Waals surface area contributed by atoms with E-state index in [0.29, 0.717) is 0 Å². The zero-order chi connectivity index (χ0) is 17.3. The van der Waals surface area contributed by atoms with E-state index < -0.39 is 17.3 Å². The van der Waals surface area contributed by atoms with Crippen molar-refractivity contribution in [2.75, 3.05) is 0 Å². The minimum Gasteiger partial charge on any atom is -0.391 e. The summed E-state index contributed by atoms with van der Waals surface area (Å²) in [4.78, 5) is 10.6. The van der Waals surface area contributed by atoms with Gasteiger partial charge in [0.05, 0.1) is 27.7 Å². The van der Waals surface area contributed by atoms with Crippen molar-refractivity contribution < 1.29 is 18.9 Å². The van der Waals surface area contributed by atoms with Crippen molar-refractivity contribution in [1.82, 2.24) is 5.16 Å². The van der Waals surface area contributed by atoms with E-state index in [0.717, 1.165) is 6.07 Å². The zero-order valence-electron chi connectivity index (χ0n) is 12.1. The molecule has 0 amide bonds. The summed E-state index contributed by atoms with van der Waals surface area (Å²) in [6.07, 6.45) is 0. The highest BCUT2D eigenvalue weighted by atomic mass is 35.5. The minimum absolute atomic E-state index is 0.0650. The van der Waals surface area contributed by atoms with E-state index in [1.54, 1.807) is 6.07 Å². The molecule has 122 valence electrons. The summed E-state index contributed by atoms with van der Waals surface area (Å²) < 4.78 is 18.7. The Morgan fingerprint density at radius 1 is 1.25 bits per heavy atom. The number of para-hydroxylation sites is 1. The molecule has 0 aliphatic heterocycles. The van der Waals surface area contributed by atoms with Gasteiger partial charge in [0.25, 0.3) is 5.69 Å². The number of aliphatic hydroxyl groups is 1. The van der Waals surface area contributed by atoms with Gasteiger partial charge in [0.2, 0.25) is 0 Å². The maximum Gasteiger partial charge on any atom is 0.278 e. The lowest BCUT2D eigenvalue weighted by atomic mass is 10.0. The van der Waals surface area contributed by atoms with Crippen molar-refractivity contribution in [3.05, 3.63) is 69.0 Å². The maximum atomic E-state index is 13.5. The summed E-state index contributed by atoms with van der Waals surface area (Å²) in [5.41, 5.74) is 0.515. The van der Waals surface area contributed by atoms with Crippen molar-refractivity contribution in [2.45, 2.75) is 6.61 Å². The number of benzene rings is 2. The van der Waals surface area contributed by atoms with E-state index in [9.17, 15) is 19.6 Å². The Labute approximate surface area is 140 Å². The second-order valence-corrected chi connectivity index (χ2v) is 5.30. The van der Waals surface area contributed by atoms with Gasteiger partial charge in [0, 0.05) is 11.6 Å². The molecule has 1 aromatic heterocycles. The second-order valence-electron chi connectivity index (χ2n) is 4.90. The van der Waals surface area contributed by atoms with E-state index in [2.05, 4.69) is 5.16 Å². The minimum atomic E-state index is -0.556. The summed E-state index contributed by atoms with van der Waals surface area (Å²) in [5.74, 6) is -0.475. The third-order valence-corrected chi connectivity index (χ3v) is 3.80. The standard InChI is InChI=1S/C16H10ClFN2O4/c17-13-6-5-9(18)7-11(13)16-12(8-21)15(19-24-16)10-3-1-2-4-14(10)20(22)23/h1-7,21H,8H2. The summed E-state index contributed by atoms with van der Waals surface area (Å²) in [5, 5.41) is 24.9. The normalized spacial score (nSPS) is 10.8. The van der Waals surface area contributed by atoms with Gasteiger partial charge in [-0.15, -0.1) is 0 Å². The number of nitro benzene ring substituents is 1. The summed E-state index contributed by atoms with van der Waals surface area (Å²) >= 11 is 6.05. The molecule has 3 rings (SSSR count). The molecule has 0 aliphatic carbocycles. The van der Waals surface area contributed by atoms with Crippen LogP contribution in [0.25, 0.3) is 22.6 Å². The molecule has 0 bridgehead atoms. The monoisotopic (exact) mass is 348 g/mol. The first-order valence-electron chi connectivity index (χ1n) is 6.81. The first-order chi connectivity index (χ1) is 11.5. The van der Waals surface area contributed by atoms with Crippen LogP contribution in [-0.4, -0.2) is 15.2 Å². The van der Waals surface area contributed by atoms with Gasteiger partial charge in [-0.3, -0.25) is 10.1 Å². The van der Waals surface area contributed by atoms with Crippen LogP contribution in [0.1, 0.15) is 5.56 Å². The molecule has 8 heteroatoms. The third-order valence-electron chi connectivity index (χ3n) is 3.48. The van der Waals surface area contributed by atoms with Crippen LogP contribution in [0.15, 0.2) is 47.0 Å². The first kappa shape index (κ1) is 16.1. The van der Waals surface area contributed by atoms with Gasteiger partial charge in [-0.2, -0.15) is 0 Å². The van der Waals surface area contributed by atoms with Crippen LogP contribution in [-0.2, 0) is 6.61 Å². The van der Waals surface area contributed by atoms with E-state index in [1.165, 1.54) is 30.3 Å². The molecule has 0 unspecified atom stereocenters. The van der Waals surface area contributed by atoms with Crippen LogP contribution in [0.3, 0.4) is 0 Å². The van der Waals surface area contributed by atoms with Gasteiger partial charge >= 0.3 is 0 Å². The van der Waals surface area contributed by atoms with E-state index >= 15 is 0 Å². The fraction of sp³-hybridized carbons (Fsp3) is 0.0625. The van der Waals surface area contributed by atoms with Crippen molar-refractivity contribution >= 4 is 17.3 Å². The Morgan fingerprint density at radius 2 is 2.00 bits per heavy atom. The number of aromatic nitrogens is 1. The Morgan fingerprint density at radius 3 is 2.71 bits per heavy atom. The highest BCUT2D eigenvalue weighted by Gasteiger charge is 2.25. The Balaban J connectivity index is 2.22. The molecule has 0 atom stereocenters. The third kappa shape index (κ3) is 2.75. The molecule has 3 aromatic rings. The molecule has 0 radical (unpaired) electrons. The molecule has 1 heterocycles. The van der Waals surface area contributed by atoms with Crippen LogP contribution >= 0.6 is 11.6 Å². The van der Waals surface area contributed by atoms with Crippen molar-refractivity contribution in [2.24, 2.45) is 0 Å². The molecule has 1 N–H and O–H groups in total. The lowest BCUT2D eigenvalue weighted by Crippen LogP contribution is -1.95. The fourth-order valence-electron chi connectivity index (χ4n) is 2.38. The largest absolute Gasteiger partial charge is 0.391 e. The predicted octanol–water partition coefficient (Wildman–Crippen LogP) is 4.20. The van der Waals surface area contributed by atoms with Crippen molar-refractivity contribution in [3.63, 3.8) is 0 Å². The quantitative estimate of drug-likeness (QED) is 0.563. The molecular weight excluding hydrogens is 339 g/mol. The van der Waals surface area contributed by atoms with Crippen molar-refractivity contribution in [3.8, 4) is 22.6 Å². The van der Waals surface area contributed by atoms with Gasteiger partial charge < -0.3 is 9.63 Å². The van der Waals surface area contributed by atoms with E-state index in [1.807, 2.05) is 0 Å². The van der Waals surface area contributed by atoms with E-state index in [4.69, 9.17) is 16.1 Å². The lowest BCUT2D eigenvalue weighted by Gasteiger charge is -2.04. The van der Waals surface area contributed by atoms with Crippen LogP contribution in [0.4, 0.5) is 10.1 Å². The zero-order valence-corrected chi connectivity index (χ0v) is 12.8. The number of hydrogen-bond donors (Lipinski definition) is 1. The van der Waals surface area contributed by atoms with Gasteiger partial charge in [0.1, 0.15) is 11.5 Å². The summed E-state index contributed by atoms with van der Waals surface area (Å²) in [6, 6.07) is 9.61. The van der Waals surface area contributed by atoms with Gasteiger partial charge in [0.15, 0.2) is 5.76 Å². The van der Waals surface area contributed by atoms with Crippen LogP contribution in [0, 0.1) is 15.9 Å². The molecule has 2 aromatic carbocycles. The summed E-state index contributed by atoms with van der Waals surface area (Å²) in [7, 11) is 0. The molecule has 6 nitrogen and oxygen atoms in total. The fourth-order valence-corrected chi connectivity index (χ4v) is 2.59. The van der Waals surface area contributed by atoms with Gasteiger partial charge in [-0.1, -0.05) is 28.9 Å².